The Morgan fingerprint density at radius 1 is 0.875 bits per heavy atom. The van der Waals surface area contributed by atoms with Crippen molar-refractivity contribution in [2.24, 2.45) is 0 Å². The minimum absolute atomic E-state index is 0.0209. The van der Waals surface area contributed by atoms with Gasteiger partial charge < -0.3 is 29.0 Å². The number of hydrogen-bond donors (Lipinski definition) is 1. The third kappa shape index (κ3) is 7.25. The van der Waals surface area contributed by atoms with Gasteiger partial charge in [-0.3, -0.25) is 10.1 Å². The van der Waals surface area contributed by atoms with Crippen molar-refractivity contribution in [2.45, 2.75) is 39.9 Å². The van der Waals surface area contributed by atoms with E-state index in [1.807, 2.05) is 18.2 Å². The summed E-state index contributed by atoms with van der Waals surface area (Å²) in [6.07, 6.45) is -1.02. The van der Waals surface area contributed by atoms with Gasteiger partial charge in [0.1, 0.15) is 19.0 Å². The zero-order valence-electron chi connectivity index (χ0n) is 23.0. The number of esters is 2. The maximum atomic E-state index is 13.6. The van der Waals surface area contributed by atoms with Gasteiger partial charge in [-0.15, -0.1) is 0 Å². The Bertz CT molecular complexity index is 1250. The number of ether oxygens (including phenoxy) is 5. The fourth-order valence-electron chi connectivity index (χ4n) is 4.36. The molecule has 1 aliphatic rings. The molecule has 11 heteroatoms. The molecule has 1 atom stereocenters. The van der Waals surface area contributed by atoms with E-state index in [9.17, 15) is 19.7 Å². The summed E-state index contributed by atoms with van der Waals surface area (Å²) in [4.78, 5) is 38.5. The van der Waals surface area contributed by atoms with Crippen LogP contribution in [-0.4, -0.2) is 56.2 Å². The molecule has 1 N–H and O–H groups in total. The average molecular weight is 555 g/mol. The number of nitro benzene ring substituents is 1. The van der Waals surface area contributed by atoms with E-state index in [2.05, 4.69) is 5.32 Å². The molecule has 214 valence electrons. The van der Waals surface area contributed by atoms with Crippen LogP contribution < -0.4 is 10.1 Å². The van der Waals surface area contributed by atoms with Crippen molar-refractivity contribution < 1.29 is 38.2 Å². The Hall–Kier alpha value is -4.22. The summed E-state index contributed by atoms with van der Waals surface area (Å²) in [5.41, 5.74) is 0.351. The molecule has 0 aromatic heterocycles. The van der Waals surface area contributed by atoms with Crippen LogP contribution in [0.5, 0.6) is 5.75 Å². The van der Waals surface area contributed by atoms with Crippen molar-refractivity contribution in [3.05, 3.63) is 92.8 Å². The van der Waals surface area contributed by atoms with Gasteiger partial charge in [-0.2, -0.15) is 0 Å². The van der Waals surface area contributed by atoms with E-state index in [-0.39, 0.29) is 61.1 Å². The van der Waals surface area contributed by atoms with Gasteiger partial charge >= 0.3 is 11.9 Å². The van der Waals surface area contributed by atoms with E-state index >= 15 is 0 Å². The normalized spacial score (nSPS) is 15.1. The third-order valence-corrected chi connectivity index (χ3v) is 5.95. The van der Waals surface area contributed by atoms with E-state index in [1.54, 1.807) is 45.9 Å². The number of carbonyl (C=O) groups excluding carboxylic acids is 2. The first-order valence-electron chi connectivity index (χ1n) is 13.0. The van der Waals surface area contributed by atoms with Crippen molar-refractivity contribution >= 4 is 17.6 Å². The Morgan fingerprint density at radius 2 is 1.50 bits per heavy atom. The number of nitrogens with one attached hydrogen (secondary N) is 1. The van der Waals surface area contributed by atoms with E-state index in [0.29, 0.717) is 11.4 Å². The first-order chi connectivity index (χ1) is 19.3. The van der Waals surface area contributed by atoms with Crippen LogP contribution in [-0.2, 0) is 28.5 Å². The molecule has 3 rings (SSSR count). The molecule has 0 amide bonds. The second-order valence-electron chi connectivity index (χ2n) is 8.50. The van der Waals surface area contributed by atoms with Crippen LogP contribution in [0.25, 0.3) is 0 Å². The summed E-state index contributed by atoms with van der Waals surface area (Å²) < 4.78 is 28.1. The van der Waals surface area contributed by atoms with E-state index in [0.717, 1.165) is 0 Å². The maximum Gasteiger partial charge on any atom is 0.336 e. The molecular formula is C29H34N2O9. The van der Waals surface area contributed by atoms with Crippen LogP contribution in [0.2, 0.25) is 0 Å². The number of dihydropyridines is 1. The quantitative estimate of drug-likeness (QED) is 0.118. The van der Waals surface area contributed by atoms with E-state index in [4.69, 9.17) is 23.7 Å². The van der Waals surface area contributed by atoms with Gasteiger partial charge in [0, 0.05) is 30.5 Å². The molecule has 40 heavy (non-hydrogen) atoms. The summed E-state index contributed by atoms with van der Waals surface area (Å²) in [5, 5.41) is 15.1. The van der Waals surface area contributed by atoms with Gasteiger partial charge in [0.25, 0.3) is 5.69 Å². The van der Waals surface area contributed by atoms with Gasteiger partial charge in [0.05, 0.1) is 34.3 Å². The minimum Gasteiger partial charge on any atom is -0.490 e. The Kier molecular flexibility index (Phi) is 11.2. The number of rotatable bonds is 14. The number of carbonyl (C=O) groups is 2. The number of benzene rings is 2. The summed E-state index contributed by atoms with van der Waals surface area (Å²) in [7, 11) is 0. The van der Waals surface area contributed by atoms with Gasteiger partial charge in [-0.05, 0) is 39.8 Å². The van der Waals surface area contributed by atoms with Crippen LogP contribution >= 0.6 is 0 Å². The highest BCUT2D eigenvalue weighted by Gasteiger charge is 2.43. The maximum absolute atomic E-state index is 13.6. The summed E-state index contributed by atoms with van der Waals surface area (Å²) >= 11 is 0. The minimum atomic E-state index is -1.21. The zero-order chi connectivity index (χ0) is 29.1. The standard InChI is InChI=1S/C29H34N2O9/c1-5-36-28(33)25-24(21-15-11-12-16-22(21)31(34)35)23(19(4)30-26(25)29(37-6-2)38-7-3)27(32)40-18-17-39-20-13-9-8-10-14-20/h8-16,24,29-30H,5-7,17-18H2,1-4H3. The predicted octanol–water partition coefficient (Wildman–Crippen LogP) is 4.39. The number of para-hydroxylation sites is 2. The highest BCUT2D eigenvalue weighted by Crippen LogP contribution is 2.43. The molecule has 2 aromatic carbocycles. The molecule has 0 fully saturated rings. The first-order valence-corrected chi connectivity index (χ1v) is 13.0. The third-order valence-electron chi connectivity index (χ3n) is 5.95. The first kappa shape index (κ1) is 30.3. The summed E-state index contributed by atoms with van der Waals surface area (Å²) in [6.45, 7) is 7.31. The average Bonchev–Trinajstić information content (AvgIpc) is 2.95. The predicted molar refractivity (Wildman–Crippen MR) is 145 cm³/mol. The summed E-state index contributed by atoms with van der Waals surface area (Å²) in [6, 6.07) is 15.0. The van der Waals surface area contributed by atoms with Gasteiger partial charge in [0.2, 0.25) is 0 Å². The van der Waals surface area contributed by atoms with E-state index in [1.165, 1.54) is 18.2 Å². The van der Waals surface area contributed by atoms with Gasteiger partial charge in [0.15, 0.2) is 6.29 Å². The molecule has 0 radical (unpaired) electrons. The molecular weight excluding hydrogens is 520 g/mol. The largest absolute Gasteiger partial charge is 0.490 e. The van der Waals surface area contributed by atoms with Crippen LogP contribution in [0.15, 0.2) is 77.1 Å². The van der Waals surface area contributed by atoms with Gasteiger partial charge in [-0.25, -0.2) is 9.59 Å². The SMILES string of the molecule is CCOC(=O)C1=C(C(OCC)OCC)NC(C)=C(C(=O)OCCOc2ccccc2)C1c1ccccc1[N+](=O)[O-]. The Balaban J connectivity index is 2.09. The molecule has 1 unspecified atom stereocenters. The fraction of sp³-hybridized carbons (Fsp3) is 0.379. The zero-order valence-corrected chi connectivity index (χ0v) is 23.0. The molecule has 0 aliphatic carbocycles. The number of nitro groups is 1. The monoisotopic (exact) mass is 554 g/mol. The van der Waals surface area contributed by atoms with Crippen molar-refractivity contribution in [3.8, 4) is 5.75 Å². The highest BCUT2D eigenvalue weighted by molar-refractivity contribution is 6.00. The molecule has 1 heterocycles. The number of nitrogens with zero attached hydrogens (tertiary/aromatic N) is 1. The number of allylic oxidation sites excluding steroid dienone is 1. The highest BCUT2D eigenvalue weighted by atomic mass is 16.7. The van der Waals surface area contributed by atoms with Crippen molar-refractivity contribution in [1.29, 1.82) is 0 Å². The summed E-state index contributed by atoms with van der Waals surface area (Å²) in [5.74, 6) is -2.14. The molecule has 0 saturated carbocycles. The second kappa shape index (κ2) is 14.8. The van der Waals surface area contributed by atoms with Crippen molar-refractivity contribution in [3.63, 3.8) is 0 Å². The van der Waals surface area contributed by atoms with Crippen LogP contribution in [0.3, 0.4) is 0 Å². The van der Waals surface area contributed by atoms with Crippen LogP contribution in [0, 0.1) is 10.1 Å². The van der Waals surface area contributed by atoms with Gasteiger partial charge in [-0.1, -0.05) is 36.4 Å². The molecule has 2 aromatic rings. The Morgan fingerprint density at radius 3 is 2.12 bits per heavy atom. The van der Waals surface area contributed by atoms with E-state index < -0.39 is 29.1 Å². The lowest BCUT2D eigenvalue weighted by molar-refractivity contribution is -0.385. The Labute approximate surface area is 232 Å². The van der Waals surface area contributed by atoms with Crippen LogP contribution in [0.1, 0.15) is 39.2 Å². The molecule has 1 aliphatic heterocycles. The molecule has 0 saturated heterocycles. The van der Waals surface area contributed by atoms with Crippen molar-refractivity contribution in [2.75, 3.05) is 33.0 Å². The second-order valence-corrected chi connectivity index (χ2v) is 8.50. The lowest BCUT2D eigenvalue weighted by atomic mass is 9.79. The lowest BCUT2D eigenvalue weighted by Crippen LogP contribution is -2.39. The van der Waals surface area contributed by atoms with Crippen molar-refractivity contribution in [1.82, 2.24) is 5.32 Å². The molecule has 0 bridgehead atoms. The smallest absolute Gasteiger partial charge is 0.336 e. The van der Waals surface area contributed by atoms with Crippen LogP contribution in [0.4, 0.5) is 5.69 Å². The fourth-order valence-corrected chi connectivity index (χ4v) is 4.36. The lowest BCUT2D eigenvalue weighted by Gasteiger charge is -2.34. The molecule has 0 spiro atoms. The number of hydrogen-bond acceptors (Lipinski definition) is 10. The topological polar surface area (TPSA) is 135 Å². The molecule has 11 nitrogen and oxygen atoms in total.